The third-order valence-electron chi connectivity index (χ3n) is 6.07. The number of nitrogens with zero attached hydrogens (tertiary/aromatic N) is 3. The standard InChI is InChI=1S/C30H17Br2ClFN3O3/c31-20-8-9-26-19(13-20)14-27(40-26)29-36-25-7-2-1-6-22(25)30(38)37(29)35-15-18-11-23(32)28(24(33)12-18)39-16-17-4-3-5-21(34)10-17/h1-15H,16H2. The molecule has 0 spiro atoms. The molecular weight excluding hydrogens is 665 g/mol. The summed E-state index contributed by atoms with van der Waals surface area (Å²) in [6.07, 6.45) is 1.51. The molecule has 0 bridgehead atoms. The van der Waals surface area contributed by atoms with Gasteiger partial charge in [0.15, 0.2) is 11.5 Å². The van der Waals surface area contributed by atoms with E-state index in [1.54, 1.807) is 42.5 Å². The zero-order valence-electron chi connectivity index (χ0n) is 20.4. The fourth-order valence-electron chi connectivity index (χ4n) is 4.21. The summed E-state index contributed by atoms with van der Waals surface area (Å²) in [6, 6.07) is 24.1. The van der Waals surface area contributed by atoms with Crippen molar-refractivity contribution in [3.63, 3.8) is 0 Å². The van der Waals surface area contributed by atoms with Gasteiger partial charge in [-0.1, -0.05) is 51.8 Å². The van der Waals surface area contributed by atoms with Crippen LogP contribution in [0.3, 0.4) is 0 Å². The molecule has 6 nitrogen and oxygen atoms in total. The summed E-state index contributed by atoms with van der Waals surface area (Å²) in [5, 5.41) is 6.08. The second-order valence-electron chi connectivity index (χ2n) is 8.84. The van der Waals surface area contributed by atoms with E-state index >= 15 is 0 Å². The van der Waals surface area contributed by atoms with E-state index in [0.29, 0.717) is 48.6 Å². The van der Waals surface area contributed by atoms with Crippen LogP contribution in [0, 0.1) is 5.82 Å². The van der Waals surface area contributed by atoms with E-state index in [2.05, 4.69) is 37.0 Å². The minimum Gasteiger partial charge on any atom is -0.486 e. The summed E-state index contributed by atoms with van der Waals surface area (Å²) < 4.78 is 28.1. The fraction of sp³-hybridized carbons (Fsp3) is 0.0333. The summed E-state index contributed by atoms with van der Waals surface area (Å²) >= 11 is 13.5. The van der Waals surface area contributed by atoms with Crippen molar-refractivity contribution in [3.05, 3.63) is 126 Å². The molecular formula is C30H17Br2ClFN3O3. The van der Waals surface area contributed by atoms with Crippen molar-refractivity contribution in [2.45, 2.75) is 6.61 Å². The molecule has 6 rings (SSSR count). The molecule has 0 amide bonds. The smallest absolute Gasteiger partial charge is 0.282 e. The van der Waals surface area contributed by atoms with Gasteiger partial charge in [-0.05, 0) is 87.7 Å². The zero-order valence-corrected chi connectivity index (χ0v) is 24.4. The molecule has 0 aliphatic heterocycles. The Labute approximate surface area is 248 Å². The van der Waals surface area contributed by atoms with E-state index in [1.165, 1.54) is 23.0 Å². The Morgan fingerprint density at radius 2 is 1.88 bits per heavy atom. The first kappa shape index (κ1) is 26.4. The van der Waals surface area contributed by atoms with Gasteiger partial charge in [-0.25, -0.2) is 9.37 Å². The average Bonchev–Trinajstić information content (AvgIpc) is 3.35. The summed E-state index contributed by atoms with van der Waals surface area (Å²) in [5.41, 5.74) is 2.11. The molecule has 198 valence electrons. The molecule has 0 fully saturated rings. The highest BCUT2D eigenvalue weighted by Crippen LogP contribution is 2.35. The molecule has 40 heavy (non-hydrogen) atoms. The highest BCUT2D eigenvalue weighted by atomic mass is 79.9. The highest BCUT2D eigenvalue weighted by Gasteiger charge is 2.17. The number of aromatic nitrogens is 2. The van der Waals surface area contributed by atoms with Crippen molar-refractivity contribution in [1.82, 2.24) is 9.66 Å². The predicted octanol–water partition coefficient (Wildman–Crippen LogP) is 8.59. The number of halogens is 4. The lowest BCUT2D eigenvalue weighted by Crippen LogP contribution is -2.20. The van der Waals surface area contributed by atoms with Gasteiger partial charge in [-0.2, -0.15) is 9.78 Å². The van der Waals surface area contributed by atoms with E-state index < -0.39 is 0 Å². The number of furan rings is 1. The van der Waals surface area contributed by atoms with Crippen molar-refractivity contribution in [3.8, 4) is 17.3 Å². The number of hydrogen-bond donors (Lipinski definition) is 0. The van der Waals surface area contributed by atoms with E-state index in [-0.39, 0.29) is 23.8 Å². The van der Waals surface area contributed by atoms with Crippen LogP contribution in [0.25, 0.3) is 33.5 Å². The molecule has 0 saturated carbocycles. The van der Waals surface area contributed by atoms with Crippen molar-refractivity contribution < 1.29 is 13.5 Å². The summed E-state index contributed by atoms with van der Waals surface area (Å²) in [5.74, 6) is 0.716. The van der Waals surface area contributed by atoms with Crippen molar-refractivity contribution in [2.75, 3.05) is 0 Å². The van der Waals surface area contributed by atoms with Crippen molar-refractivity contribution in [1.29, 1.82) is 0 Å². The Balaban J connectivity index is 1.38. The van der Waals surface area contributed by atoms with Gasteiger partial charge in [0.25, 0.3) is 5.56 Å². The van der Waals surface area contributed by atoms with E-state index in [4.69, 9.17) is 25.7 Å². The third-order valence-corrected chi connectivity index (χ3v) is 7.43. The van der Waals surface area contributed by atoms with Crippen LogP contribution in [-0.4, -0.2) is 15.9 Å². The lowest BCUT2D eigenvalue weighted by molar-refractivity contribution is 0.304. The summed E-state index contributed by atoms with van der Waals surface area (Å²) in [7, 11) is 0. The number of fused-ring (bicyclic) bond motifs is 2. The molecule has 0 radical (unpaired) electrons. The first-order valence-corrected chi connectivity index (χ1v) is 13.9. The van der Waals surface area contributed by atoms with Crippen LogP contribution >= 0.6 is 43.5 Å². The summed E-state index contributed by atoms with van der Waals surface area (Å²) in [4.78, 5) is 18.2. The van der Waals surface area contributed by atoms with Crippen LogP contribution in [0.15, 0.2) is 108 Å². The Hall–Kier alpha value is -3.79. The van der Waals surface area contributed by atoms with Gasteiger partial charge in [0.2, 0.25) is 5.82 Å². The van der Waals surface area contributed by atoms with Crippen LogP contribution in [0.2, 0.25) is 5.02 Å². The van der Waals surface area contributed by atoms with E-state index in [0.717, 1.165) is 9.86 Å². The minimum atomic E-state index is -0.348. The Kier molecular flexibility index (Phi) is 7.27. The van der Waals surface area contributed by atoms with Crippen LogP contribution in [0.1, 0.15) is 11.1 Å². The SMILES string of the molecule is O=c1c2ccccc2nc(-c2cc3cc(Br)ccc3o2)n1N=Cc1cc(Cl)c(OCc2cccc(F)c2)c(Br)c1. The van der Waals surface area contributed by atoms with E-state index in [1.807, 2.05) is 30.3 Å². The van der Waals surface area contributed by atoms with Gasteiger partial charge in [-0.3, -0.25) is 4.79 Å². The maximum absolute atomic E-state index is 13.5. The highest BCUT2D eigenvalue weighted by molar-refractivity contribution is 9.10. The second-order valence-corrected chi connectivity index (χ2v) is 11.0. The van der Waals surface area contributed by atoms with Crippen LogP contribution in [0.5, 0.6) is 5.75 Å². The molecule has 0 N–H and O–H groups in total. The predicted molar refractivity (Wildman–Crippen MR) is 162 cm³/mol. The van der Waals surface area contributed by atoms with Crippen LogP contribution in [0.4, 0.5) is 4.39 Å². The van der Waals surface area contributed by atoms with Gasteiger partial charge < -0.3 is 9.15 Å². The topological polar surface area (TPSA) is 69.6 Å². The quantitative estimate of drug-likeness (QED) is 0.165. The van der Waals surface area contributed by atoms with Gasteiger partial charge in [0.05, 0.1) is 26.6 Å². The lowest BCUT2D eigenvalue weighted by atomic mass is 10.2. The maximum atomic E-state index is 13.5. The number of rotatable bonds is 6. The van der Waals surface area contributed by atoms with Crippen molar-refractivity contribution in [2.24, 2.45) is 5.10 Å². The van der Waals surface area contributed by atoms with Gasteiger partial charge in [0.1, 0.15) is 18.0 Å². The Bertz CT molecular complexity index is 1980. The van der Waals surface area contributed by atoms with Crippen LogP contribution < -0.4 is 10.3 Å². The summed E-state index contributed by atoms with van der Waals surface area (Å²) in [6.45, 7) is 0.138. The third kappa shape index (κ3) is 5.32. The van der Waals surface area contributed by atoms with Gasteiger partial charge in [-0.15, -0.1) is 0 Å². The van der Waals surface area contributed by atoms with E-state index in [9.17, 15) is 9.18 Å². The average molecular weight is 682 g/mol. The Morgan fingerprint density at radius 3 is 2.70 bits per heavy atom. The molecule has 0 saturated heterocycles. The molecule has 0 unspecified atom stereocenters. The number of para-hydroxylation sites is 1. The second kappa shape index (κ2) is 11.0. The van der Waals surface area contributed by atoms with Crippen LogP contribution in [-0.2, 0) is 6.61 Å². The van der Waals surface area contributed by atoms with Gasteiger partial charge in [0, 0.05) is 9.86 Å². The largest absolute Gasteiger partial charge is 0.486 e. The lowest BCUT2D eigenvalue weighted by Gasteiger charge is -2.11. The molecule has 4 aromatic carbocycles. The first-order valence-electron chi connectivity index (χ1n) is 12.0. The molecule has 6 aromatic rings. The zero-order chi connectivity index (χ0) is 27.8. The van der Waals surface area contributed by atoms with Crippen molar-refractivity contribution >= 4 is 71.5 Å². The molecule has 0 aliphatic rings. The Morgan fingerprint density at radius 1 is 1.02 bits per heavy atom. The molecule has 2 heterocycles. The molecule has 10 heteroatoms. The molecule has 0 atom stereocenters. The van der Waals surface area contributed by atoms with Gasteiger partial charge >= 0.3 is 0 Å². The monoisotopic (exact) mass is 679 g/mol. The normalized spacial score (nSPS) is 11.6. The molecule has 2 aromatic heterocycles. The number of benzene rings is 4. The number of ether oxygens (including phenoxy) is 1. The molecule has 0 aliphatic carbocycles. The maximum Gasteiger partial charge on any atom is 0.282 e. The number of hydrogen-bond acceptors (Lipinski definition) is 5. The first-order chi connectivity index (χ1) is 19.4. The fourth-order valence-corrected chi connectivity index (χ4v) is 5.58. The minimum absolute atomic E-state index is 0.138.